The zero-order chi connectivity index (χ0) is 16.4. The van der Waals surface area contributed by atoms with Gasteiger partial charge in [-0.3, -0.25) is 4.79 Å². The summed E-state index contributed by atoms with van der Waals surface area (Å²) >= 11 is 7.80. The monoisotopic (exact) mass is 341 g/mol. The number of carbonyl (C=O) groups excluding carboxylic acids is 1. The van der Waals surface area contributed by atoms with Crippen molar-refractivity contribution in [1.29, 1.82) is 0 Å². The lowest BCUT2D eigenvalue weighted by Gasteiger charge is -2.13. The topological polar surface area (TPSA) is 30.0 Å². The maximum atomic E-state index is 10.9. The zero-order valence-corrected chi connectivity index (χ0v) is 14.5. The molecule has 0 N–H and O–H groups in total. The molecule has 0 saturated carbocycles. The van der Waals surface area contributed by atoms with Crippen molar-refractivity contribution < 1.29 is 4.79 Å². The van der Waals surface area contributed by atoms with Crippen molar-refractivity contribution in [2.45, 2.75) is 20.3 Å². The van der Waals surface area contributed by atoms with Crippen LogP contribution in [0.2, 0.25) is 0 Å². The molecule has 0 unspecified atom stereocenters. The highest BCUT2D eigenvalue weighted by Crippen LogP contribution is 2.36. The van der Waals surface area contributed by atoms with E-state index in [2.05, 4.69) is 30.1 Å². The predicted octanol–water partition coefficient (Wildman–Crippen LogP) is 5.79. The summed E-state index contributed by atoms with van der Waals surface area (Å²) in [6, 6.07) is 6.22. The molecule has 1 aromatic heterocycles. The molecular weight excluding hydrogens is 326 g/mol. The number of rotatable bonds is 3. The minimum absolute atomic E-state index is 0.503. The fourth-order valence-corrected chi connectivity index (χ4v) is 3.69. The Morgan fingerprint density at radius 2 is 2.04 bits per heavy atom. The lowest BCUT2D eigenvalue weighted by Crippen LogP contribution is -1.92. The Morgan fingerprint density at radius 3 is 2.78 bits per heavy atom. The first-order valence-corrected chi connectivity index (χ1v) is 8.53. The molecule has 0 aliphatic heterocycles. The maximum absolute atomic E-state index is 10.9. The number of aldehydes is 1. The summed E-state index contributed by atoms with van der Waals surface area (Å²) in [5.41, 5.74) is 5.77. The number of aromatic nitrogens is 1. The summed E-state index contributed by atoms with van der Waals surface area (Å²) in [6.45, 7) is 4.13. The van der Waals surface area contributed by atoms with Gasteiger partial charge >= 0.3 is 0 Å². The highest BCUT2D eigenvalue weighted by molar-refractivity contribution is 7.16. The molecule has 0 amide bonds. The van der Waals surface area contributed by atoms with Crippen molar-refractivity contribution in [3.63, 3.8) is 0 Å². The average molecular weight is 342 g/mol. The zero-order valence-electron chi connectivity index (χ0n) is 13.0. The molecule has 1 heterocycles. The molecule has 0 bridgehead atoms. The second kappa shape index (κ2) is 6.65. The van der Waals surface area contributed by atoms with Crippen LogP contribution in [0.5, 0.6) is 0 Å². The van der Waals surface area contributed by atoms with E-state index in [1.54, 1.807) is 6.20 Å². The van der Waals surface area contributed by atoms with Crippen molar-refractivity contribution in [2.24, 2.45) is 0 Å². The fraction of sp³-hybridized carbons (Fsp3) is 0.158. The van der Waals surface area contributed by atoms with E-state index in [-0.39, 0.29) is 0 Å². The molecule has 0 atom stereocenters. The third-order valence-electron chi connectivity index (χ3n) is 3.99. The summed E-state index contributed by atoms with van der Waals surface area (Å²) in [6.07, 6.45) is 9.48. The van der Waals surface area contributed by atoms with Gasteiger partial charge in [0.25, 0.3) is 0 Å². The second-order valence-corrected chi connectivity index (χ2v) is 6.99. The molecule has 23 heavy (non-hydrogen) atoms. The van der Waals surface area contributed by atoms with Gasteiger partial charge in [-0.25, -0.2) is 4.98 Å². The number of halogens is 1. The third kappa shape index (κ3) is 3.21. The Kier molecular flexibility index (Phi) is 4.60. The number of nitrogens with zero attached hydrogens (tertiary/aromatic N) is 1. The maximum Gasteiger partial charge on any atom is 0.178 e. The van der Waals surface area contributed by atoms with Crippen molar-refractivity contribution in [3.8, 4) is 10.4 Å². The van der Waals surface area contributed by atoms with Gasteiger partial charge in [0.15, 0.2) is 11.3 Å². The first-order valence-electron chi connectivity index (χ1n) is 7.34. The summed E-state index contributed by atoms with van der Waals surface area (Å²) in [5, 5.41) is 1.37. The Morgan fingerprint density at radius 1 is 1.26 bits per heavy atom. The summed E-state index contributed by atoms with van der Waals surface area (Å²) in [4.78, 5) is 16.0. The minimum Gasteiger partial charge on any atom is -0.295 e. The summed E-state index contributed by atoms with van der Waals surface area (Å²) < 4.78 is 0. The van der Waals surface area contributed by atoms with Crippen molar-refractivity contribution in [3.05, 3.63) is 69.4 Å². The van der Waals surface area contributed by atoms with E-state index in [4.69, 9.17) is 11.6 Å². The Hall–Kier alpha value is -1.97. The van der Waals surface area contributed by atoms with Crippen LogP contribution in [-0.4, -0.2) is 11.3 Å². The summed E-state index contributed by atoms with van der Waals surface area (Å²) in [5.74, 6) is 0. The molecule has 0 fully saturated rings. The van der Waals surface area contributed by atoms with Gasteiger partial charge < -0.3 is 0 Å². The highest BCUT2D eigenvalue weighted by atomic mass is 35.5. The van der Waals surface area contributed by atoms with Gasteiger partial charge in [0.2, 0.25) is 0 Å². The molecule has 0 spiro atoms. The largest absolute Gasteiger partial charge is 0.295 e. The molecule has 1 aliphatic rings. The summed E-state index contributed by atoms with van der Waals surface area (Å²) in [7, 11) is 0. The number of hydrogen-bond donors (Lipinski definition) is 0. The Balaban J connectivity index is 2.05. The van der Waals surface area contributed by atoms with Gasteiger partial charge in [-0.05, 0) is 41.7 Å². The van der Waals surface area contributed by atoms with Crippen LogP contribution in [0.1, 0.15) is 34.3 Å². The van der Waals surface area contributed by atoms with Crippen LogP contribution in [0.25, 0.3) is 16.0 Å². The number of allylic oxidation sites excluding steroid dienone is 6. The lowest BCUT2D eigenvalue weighted by atomic mass is 9.94. The van der Waals surface area contributed by atoms with Gasteiger partial charge in [-0.15, -0.1) is 11.3 Å². The van der Waals surface area contributed by atoms with Crippen LogP contribution in [0.4, 0.5) is 0 Å². The van der Waals surface area contributed by atoms with Crippen molar-refractivity contribution in [2.75, 3.05) is 0 Å². The van der Waals surface area contributed by atoms with Crippen LogP contribution < -0.4 is 0 Å². The number of hydrogen-bond acceptors (Lipinski definition) is 3. The smallest absolute Gasteiger partial charge is 0.178 e. The minimum atomic E-state index is 0.503. The van der Waals surface area contributed by atoms with Gasteiger partial charge in [0, 0.05) is 17.6 Å². The molecular formula is C19H16ClNOS. The van der Waals surface area contributed by atoms with Gasteiger partial charge in [0.05, 0.1) is 4.88 Å². The molecule has 0 saturated heterocycles. The number of benzene rings is 1. The third-order valence-corrected chi connectivity index (χ3v) is 5.37. The normalized spacial score (nSPS) is 14.7. The van der Waals surface area contributed by atoms with Crippen molar-refractivity contribution in [1.82, 2.24) is 4.98 Å². The van der Waals surface area contributed by atoms with Crippen LogP contribution in [0.3, 0.4) is 0 Å². The van der Waals surface area contributed by atoms with E-state index in [0.29, 0.717) is 5.01 Å². The van der Waals surface area contributed by atoms with Crippen molar-refractivity contribution >= 4 is 34.8 Å². The molecule has 2 nitrogen and oxygen atoms in total. The second-order valence-electron chi connectivity index (χ2n) is 5.47. The molecule has 2 aromatic rings. The SMILES string of the molecule is CC1=C(Cl)CC(c2cccc(-c3cnc(C=O)s3)c2C)=CC=C1. The Labute approximate surface area is 144 Å². The molecule has 3 rings (SSSR count). The van der Waals surface area contributed by atoms with Gasteiger partial charge in [-0.2, -0.15) is 0 Å². The van der Waals surface area contributed by atoms with E-state index in [1.165, 1.54) is 28.0 Å². The van der Waals surface area contributed by atoms with Crippen LogP contribution in [0.15, 0.2) is 53.2 Å². The molecule has 1 aliphatic carbocycles. The molecule has 1 aromatic carbocycles. The average Bonchev–Trinajstić information content (AvgIpc) is 2.96. The lowest BCUT2D eigenvalue weighted by molar-refractivity contribution is 0.112. The number of thiazole rings is 1. The van der Waals surface area contributed by atoms with E-state index < -0.39 is 0 Å². The first-order chi connectivity index (χ1) is 11.1. The van der Waals surface area contributed by atoms with Gasteiger partial charge in [-0.1, -0.05) is 48.0 Å². The number of carbonyl (C=O) groups is 1. The highest BCUT2D eigenvalue weighted by Gasteiger charge is 2.14. The van der Waals surface area contributed by atoms with E-state index in [1.807, 2.05) is 25.1 Å². The molecule has 116 valence electrons. The van der Waals surface area contributed by atoms with Gasteiger partial charge in [0.1, 0.15) is 0 Å². The molecule has 4 heteroatoms. The van der Waals surface area contributed by atoms with Crippen LogP contribution in [0, 0.1) is 6.92 Å². The van der Waals surface area contributed by atoms with E-state index >= 15 is 0 Å². The Bertz CT molecular complexity index is 858. The quantitative estimate of drug-likeness (QED) is 0.661. The standard InChI is InChI=1S/C19H16ClNOS/c1-12-5-3-6-14(9-17(12)20)15-7-4-8-16(13(15)2)18-10-21-19(11-22)23-18/h3-8,10-11H,9H2,1-2H3. The molecule has 0 radical (unpaired) electrons. The first kappa shape index (κ1) is 15.9. The predicted molar refractivity (Wildman–Crippen MR) is 98.0 cm³/mol. The fourth-order valence-electron chi connectivity index (χ4n) is 2.67. The van der Waals surface area contributed by atoms with E-state index in [0.717, 1.165) is 33.8 Å². The van der Waals surface area contributed by atoms with Crippen LogP contribution >= 0.6 is 22.9 Å². The van der Waals surface area contributed by atoms with E-state index in [9.17, 15) is 4.79 Å². The van der Waals surface area contributed by atoms with Crippen LogP contribution in [-0.2, 0) is 0 Å².